The van der Waals surface area contributed by atoms with Gasteiger partial charge in [-0.3, -0.25) is 9.78 Å². The van der Waals surface area contributed by atoms with Crippen molar-refractivity contribution in [1.82, 2.24) is 15.0 Å². The summed E-state index contributed by atoms with van der Waals surface area (Å²) in [5.74, 6) is 0.320. The van der Waals surface area contributed by atoms with E-state index in [4.69, 9.17) is 5.73 Å². The maximum absolute atomic E-state index is 11.9. The number of hydrogen-bond donors (Lipinski definition) is 2. The van der Waals surface area contributed by atoms with Crippen molar-refractivity contribution in [3.63, 3.8) is 0 Å². The number of H-pyrrole nitrogens is 1. The van der Waals surface area contributed by atoms with Gasteiger partial charge in [0.25, 0.3) is 0 Å². The van der Waals surface area contributed by atoms with Crippen molar-refractivity contribution < 1.29 is 4.79 Å². The van der Waals surface area contributed by atoms with Gasteiger partial charge in [-0.15, -0.1) is 0 Å². The van der Waals surface area contributed by atoms with Gasteiger partial charge in [-0.05, 0) is 40.5 Å². The van der Waals surface area contributed by atoms with Gasteiger partial charge in [0.05, 0.1) is 17.2 Å². The van der Waals surface area contributed by atoms with Crippen molar-refractivity contribution in [3.05, 3.63) is 78.0 Å². The van der Waals surface area contributed by atoms with E-state index >= 15 is 0 Å². The molecule has 1 aliphatic rings. The molecule has 5 nitrogen and oxygen atoms in total. The lowest BCUT2D eigenvalue weighted by Crippen LogP contribution is -2.13. The van der Waals surface area contributed by atoms with Gasteiger partial charge in [0.15, 0.2) is 0 Å². The van der Waals surface area contributed by atoms with Crippen molar-refractivity contribution in [2.75, 3.05) is 0 Å². The summed E-state index contributed by atoms with van der Waals surface area (Å²) in [6.45, 7) is 0. The van der Waals surface area contributed by atoms with Crippen LogP contribution in [0.25, 0.3) is 33.5 Å². The van der Waals surface area contributed by atoms with E-state index < -0.39 is 5.91 Å². The molecule has 2 aromatic heterocycles. The molecule has 0 saturated heterocycles. The lowest BCUT2D eigenvalue weighted by Gasteiger charge is -2.10. The zero-order chi connectivity index (χ0) is 17.0. The van der Waals surface area contributed by atoms with Crippen LogP contribution in [0, 0.1) is 6.42 Å². The maximum Gasteiger partial charge on any atom is 0.249 e. The van der Waals surface area contributed by atoms with Gasteiger partial charge >= 0.3 is 0 Å². The summed E-state index contributed by atoms with van der Waals surface area (Å²) in [4.78, 5) is 24.0. The fourth-order valence-corrected chi connectivity index (χ4v) is 3.46. The predicted molar refractivity (Wildman–Crippen MR) is 95.8 cm³/mol. The molecule has 3 N–H and O–H groups in total. The zero-order valence-electron chi connectivity index (χ0n) is 13.2. The molecule has 25 heavy (non-hydrogen) atoms. The minimum absolute atomic E-state index is 0.430. The SMILES string of the molecule is NC(=O)c1ccc(-c2nc3ccncc3[nH]2)c2c1[CH]c1ccccc1-2. The van der Waals surface area contributed by atoms with Crippen LogP contribution < -0.4 is 5.73 Å². The maximum atomic E-state index is 11.9. The van der Waals surface area contributed by atoms with Gasteiger partial charge in [0, 0.05) is 23.7 Å². The molecule has 2 heterocycles. The minimum atomic E-state index is -0.430. The normalized spacial score (nSPS) is 12.2. The van der Waals surface area contributed by atoms with Gasteiger partial charge in [-0.2, -0.15) is 0 Å². The van der Waals surface area contributed by atoms with Crippen LogP contribution in [0.4, 0.5) is 0 Å². The summed E-state index contributed by atoms with van der Waals surface area (Å²) in [5, 5.41) is 0. The van der Waals surface area contributed by atoms with Gasteiger partial charge in [0.1, 0.15) is 5.82 Å². The van der Waals surface area contributed by atoms with Gasteiger partial charge in [-0.1, -0.05) is 24.3 Å². The lowest BCUT2D eigenvalue weighted by atomic mass is 9.95. The fraction of sp³-hybridized carbons (Fsp3) is 0. The van der Waals surface area contributed by atoms with Crippen molar-refractivity contribution in [1.29, 1.82) is 0 Å². The van der Waals surface area contributed by atoms with E-state index in [1.807, 2.05) is 36.8 Å². The fourth-order valence-electron chi connectivity index (χ4n) is 3.46. The first kappa shape index (κ1) is 13.9. The number of carbonyl (C=O) groups excluding carboxylic acids is 1. The predicted octanol–water partition coefficient (Wildman–Crippen LogP) is 3.30. The average molecular weight is 325 g/mol. The third kappa shape index (κ3) is 1.99. The quantitative estimate of drug-likeness (QED) is 0.522. The van der Waals surface area contributed by atoms with E-state index in [0.717, 1.165) is 44.7 Å². The molecule has 0 bridgehead atoms. The molecular weight excluding hydrogens is 312 g/mol. The molecule has 2 aromatic carbocycles. The van der Waals surface area contributed by atoms with Crippen LogP contribution in [0.2, 0.25) is 0 Å². The number of aromatic nitrogens is 3. The Morgan fingerprint density at radius 2 is 1.92 bits per heavy atom. The van der Waals surface area contributed by atoms with Gasteiger partial charge in [0.2, 0.25) is 5.91 Å². The first-order valence-electron chi connectivity index (χ1n) is 7.93. The largest absolute Gasteiger partial charge is 0.366 e. The number of fused-ring (bicyclic) bond motifs is 4. The summed E-state index contributed by atoms with van der Waals surface area (Å²) in [5.41, 5.74) is 12.8. The van der Waals surface area contributed by atoms with Crippen LogP contribution >= 0.6 is 0 Å². The molecular formula is C20H13N4O. The average Bonchev–Trinajstić information content (AvgIpc) is 3.22. The van der Waals surface area contributed by atoms with Crippen LogP contribution in [0.3, 0.4) is 0 Å². The smallest absolute Gasteiger partial charge is 0.249 e. The van der Waals surface area contributed by atoms with E-state index in [1.165, 1.54) is 0 Å². The van der Waals surface area contributed by atoms with E-state index in [0.29, 0.717) is 5.56 Å². The summed E-state index contributed by atoms with van der Waals surface area (Å²) in [7, 11) is 0. The third-order valence-corrected chi connectivity index (χ3v) is 4.58. The number of amides is 1. The summed E-state index contributed by atoms with van der Waals surface area (Å²) >= 11 is 0. The summed E-state index contributed by atoms with van der Waals surface area (Å²) in [6.07, 6.45) is 5.49. The molecule has 0 fully saturated rings. The van der Waals surface area contributed by atoms with Crippen LogP contribution in [-0.4, -0.2) is 20.9 Å². The molecule has 119 valence electrons. The highest BCUT2D eigenvalue weighted by Crippen LogP contribution is 2.44. The number of hydrogen-bond acceptors (Lipinski definition) is 3. The molecule has 1 amide bonds. The molecule has 4 aromatic rings. The third-order valence-electron chi connectivity index (χ3n) is 4.58. The number of nitrogens with two attached hydrogens (primary N) is 1. The number of rotatable bonds is 2. The Bertz CT molecular complexity index is 1130. The van der Waals surface area contributed by atoms with Crippen molar-refractivity contribution in [3.8, 4) is 22.5 Å². The Hall–Kier alpha value is -3.47. The summed E-state index contributed by atoms with van der Waals surface area (Å²) < 4.78 is 0. The number of nitrogens with one attached hydrogen (secondary N) is 1. The Morgan fingerprint density at radius 3 is 2.76 bits per heavy atom. The molecule has 0 saturated carbocycles. The highest BCUT2D eigenvalue weighted by atomic mass is 16.1. The van der Waals surface area contributed by atoms with Crippen LogP contribution in [0.1, 0.15) is 21.5 Å². The molecule has 1 radical (unpaired) electrons. The van der Waals surface area contributed by atoms with Crippen molar-refractivity contribution in [2.24, 2.45) is 5.73 Å². The molecule has 0 spiro atoms. The second-order valence-electron chi connectivity index (χ2n) is 6.02. The zero-order valence-corrected chi connectivity index (χ0v) is 13.2. The number of carbonyl (C=O) groups is 1. The van der Waals surface area contributed by atoms with Crippen LogP contribution in [0.15, 0.2) is 54.9 Å². The monoisotopic (exact) mass is 325 g/mol. The van der Waals surface area contributed by atoms with Gasteiger partial charge < -0.3 is 10.7 Å². The minimum Gasteiger partial charge on any atom is -0.366 e. The standard InChI is InChI=1S/C20H13N4O/c21-19(25)13-5-6-14(20-23-16-7-8-22-10-17(16)24-20)18-12-4-2-1-3-11(12)9-15(13)18/h1-10H,(H2,21,25)(H,23,24). The van der Waals surface area contributed by atoms with E-state index in [-0.39, 0.29) is 0 Å². The first-order valence-corrected chi connectivity index (χ1v) is 7.93. The molecule has 5 heteroatoms. The Kier molecular flexibility index (Phi) is 2.79. The number of aromatic amines is 1. The van der Waals surface area contributed by atoms with Crippen molar-refractivity contribution in [2.45, 2.75) is 0 Å². The highest BCUT2D eigenvalue weighted by molar-refractivity contribution is 6.03. The topological polar surface area (TPSA) is 84.7 Å². The second kappa shape index (κ2) is 5.01. The molecule has 1 aliphatic carbocycles. The molecule has 5 rings (SSSR count). The number of primary amides is 1. The van der Waals surface area contributed by atoms with Crippen LogP contribution in [-0.2, 0) is 0 Å². The van der Waals surface area contributed by atoms with E-state index in [1.54, 1.807) is 18.5 Å². The van der Waals surface area contributed by atoms with Crippen molar-refractivity contribution >= 4 is 16.9 Å². The number of benzene rings is 2. The molecule has 0 aliphatic heterocycles. The number of nitrogens with zero attached hydrogens (tertiary/aromatic N) is 2. The Balaban J connectivity index is 1.82. The number of pyridine rings is 1. The Morgan fingerprint density at radius 1 is 1.04 bits per heavy atom. The van der Waals surface area contributed by atoms with E-state index in [2.05, 4.69) is 21.0 Å². The second-order valence-corrected chi connectivity index (χ2v) is 6.02. The first-order chi connectivity index (χ1) is 12.2. The molecule has 0 atom stereocenters. The van der Waals surface area contributed by atoms with E-state index in [9.17, 15) is 4.79 Å². The molecule has 0 unspecified atom stereocenters. The van der Waals surface area contributed by atoms with Crippen LogP contribution in [0.5, 0.6) is 0 Å². The van der Waals surface area contributed by atoms with Gasteiger partial charge in [-0.25, -0.2) is 4.98 Å². The highest BCUT2D eigenvalue weighted by Gasteiger charge is 2.27. The summed E-state index contributed by atoms with van der Waals surface area (Å²) in [6, 6.07) is 13.6. The Labute approximate surface area is 143 Å². The lowest BCUT2D eigenvalue weighted by molar-refractivity contribution is 0.1000. The number of imidazole rings is 1.